The molecule has 1 saturated heterocycles. The second-order valence-corrected chi connectivity index (χ2v) is 4.63. The van der Waals surface area contributed by atoms with Gasteiger partial charge in [-0.05, 0) is 38.3 Å². The maximum Gasteiger partial charge on any atom is 0.147 e. The average molecular weight is 231 g/mol. The Hall–Kier alpha value is -1.60. The number of piperidine rings is 1. The summed E-state index contributed by atoms with van der Waals surface area (Å²) >= 11 is 0. The molecule has 0 unspecified atom stereocenters. The van der Waals surface area contributed by atoms with Crippen LogP contribution in [0.15, 0.2) is 6.07 Å². The van der Waals surface area contributed by atoms with Gasteiger partial charge in [-0.1, -0.05) is 0 Å². The van der Waals surface area contributed by atoms with Crippen molar-refractivity contribution in [2.24, 2.45) is 0 Å². The molecule has 4 heteroatoms. The third kappa shape index (κ3) is 2.40. The highest BCUT2D eigenvalue weighted by atomic mass is 16.3. The number of rotatable bonds is 1. The van der Waals surface area contributed by atoms with E-state index in [4.69, 9.17) is 0 Å². The molecular weight excluding hydrogens is 214 g/mol. The largest absolute Gasteiger partial charge is 0.391 e. The summed E-state index contributed by atoms with van der Waals surface area (Å²) in [5, 5.41) is 18.9. The summed E-state index contributed by atoms with van der Waals surface area (Å²) in [5.74, 6) is 0.726. The van der Waals surface area contributed by atoms with Gasteiger partial charge in [-0.25, -0.2) is 4.98 Å². The minimum atomic E-state index is -0.307. The van der Waals surface area contributed by atoms with Crippen molar-refractivity contribution in [1.29, 1.82) is 5.26 Å². The molecule has 1 N–H and O–H groups in total. The number of hydrogen-bond acceptors (Lipinski definition) is 4. The van der Waals surface area contributed by atoms with Crippen LogP contribution in [0.4, 0.5) is 5.82 Å². The monoisotopic (exact) mass is 231 g/mol. The van der Waals surface area contributed by atoms with Gasteiger partial charge >= 0.3 is 0 Å². The first-order chi connectivity index (χ1) is 8.11. The van der Waals surface area contributed by atoms with Crippen molar-refractivity contribution in [2.45, 2.75) is 32.8 Å². The molecule has 0 amide bonds. The highest BCUT2D eigenvalue weighted by Gasteiger charge is 2.22. The van der Waals surface area contributed by atoms with Crippen LogP contribution in [0.25, 0.3) is 0 Å². The lowest BCUT2D eigenvalue weighted by Crippen LogP contribution is -2.39. The summed E-state index contributed by atoms with van der Waals surface area (Å²) in [7, 11) is 0. The van der Waals surface area contributed by atoms with Crippen molar-refractivity contribution in [2.75, 3.05) is 18.0 Å². The van der Waals surface area contributed by atoms with Crippen LogP contribution in [0.2, 0.25) is 0 Å². The maximum atomic E-state index is 9.69. The lowest BCUT2D eigenvalue weighted by molar-refractivity contribution is 0.154. The Morgan fingerprint density at radius 1 is 1.53 bits per heavy atom. The van der Waals surface area contributed by atoms with E-state index in [-0.39, 0.29) is 6.10 Å². The lowest BCUT2D eigenvalue weighted by Gasteiger charge is -2.32. The van der Waals surface area contributed by atoms with Crippen LogP contribution in [0.3, 0.4) is 0 Å². The van der Waals surface area contributed by atoms with E-state index >= 15 is 0 Å². The smallest absolute Gasteiger partial charge is 0.147 e. The van der Waals surface area contributed by atoms with Gasteiger partial charge in [-0.3, -0.25) is 0 Å². The molecule has 1 aliphatic heterocycles. The van der Waals surface area contributed by atoms with E-state index < -0.39 is 0 Å². The van der Waals surface area contributed by atoms with E-state index in [2.05, 4.69) is 11.1 Å². The zero-order valence-corrected chi connectivity index (χ0v) is 10.3. The van der Waals surface area contributed by atoms with E-state index in [9.17, 15) is 10.4 Å². The van der Waals surface area contributed by atoms with Crippen LogP contribution >= 0.6 is 0 Å². The maximum absolute atomic E-state index is 9.69. The molecule has 4 nitrogen and oxygen atoms in total. The molecule has 1 aromatic rings. The number of nitrogens with zero attached hydrogens (tertiary/aromatic N) is 3. The van der Waals surface area contributed by atoms with Crippen LogP contribution in [0.5, 0.6) is 0 Å². The quantitative estimate of drug-likeness (QED) is 0.796. The fraction of sp³-hybridized carbons (Fsp3) is 0.538. The predicted molar refractivity (Wildman–Crippen MR) is 65.9 cm³/mol. The average Bonchev–Trinajstić information content (AvgIpc) is 2.28. The summed E-state index contributed by atoms with van der Waals surface area (Å²) < 4.78 is 0. The lowest BCUT2D eigenvalue weighted by atomic mass is 10.1. The topological polar surface area (TPSA) is 60.2 Å². The Balaban J connectivity index is 2.40. The zero-order valence-electron chi connectivity index (χ0n) is 10.3. The van der Waals surface area contributed by atoms with Gasteiger partial charge in [0, 0.05) is 18.8 Å². The summed E-state index contributed by atoms with van der Waals surface area (Å²) in [6.07, 6.45) is 1.47. The molecule has 0 radical (unpaired) electrons. The normalized spacial score (nSPS) is 20.1. The zero-order chi connectivity index (χ0) is 12.4. The van der Waals surface area contributed by atoms with Crippen molar-refractivity contribution in [1.82, 2.24) is 4.98 Å². The highest BCUT2D eigenvalue weighted by Crippen LogP contribution is 2.24. The second kappa shape index (κ2) is 4.72. The van der Waals surface area contributed by atoms with Gasteiger partial charge in [-0.2, -0.15) is 5.26 Å². The molecular formula is C13H17N3O. The molecule has 90 valence electrons. The molecule has 2 rings (SSSR count). The standard InChI is InChI=1S/C13H17N3O/c1-9-6-10(2)15-13(12(9)7-14)16-5-3-4-11(17)8-16/h6,11,17H,3-5,8H2,1-2H3/t11-/m0/s1. The van der Waals surface area contributed by atoms with Crippen molar-refractivity contribution < 1.29 is 5.11 Å². The molecule has 1 atom stereocenters. The first-order valence-corrected chi connectivity index (χ1v) is 5.93. The molecule has 1 aliphatic rings. The summed E-state index contributed by atoms with van der Waals surface area (Å²) in [6.45, 7) is 5.29. The number of anilines is 1. The number of β-amino-alcohol motifs (C(OH)–C–C–N with tert-alkyl or cyclic N) is 1. The molecule has 0 aliphatic carbocycles. The summed E-state index contributed by atoms with van der Waals surface area (Å²) in [6, 6.07) is 4.14. The van der Waals surface area contributed by atoms with Crippen molar-refractivity contribution >= 4 is 5.82 Å². The number of pyridine rings is 1. The number of aliphatic hydroxyl groups excluding tert-OH is 1. The van der Waals surface area contributed by atoms with E-state index in [0.717, 1.165) is 36.5 Å². The third-order valence-corrected chi connectivity index (χ3v) is 3.13. The first-order valence-electron chi connectivity index (χ1n) is 5.93. The Bertz CT molecular complexity index is 464. The van der Waals surface area contributed by atoms with Gasteiger partial charge in [-0.15, -0.1) is 0 Å². The molecule has 2 heterocycles. The minimum Gasteiger partial charge on any atom is -0.391 e. The summed E-state index contributed by atoms with van der Waals surface area (Å²) in [4.78, 5) is 6.48. The van der Waals surface area contributed by atoms with Gasteiger partial charge in [0.05, 0.1) is 11.7 Å². The molecule has 0 bridgehead atoms. The van der Waals surface area contributed by atoms with Crippen LogP contribution < -0.4 is 4.90 Å². The second-order valence-electron chi connectivity index (χ2n) is 4.63. The minimum absolute atomic E-state index is 0.307. The van der Waals surface area contributed by atoms with Gasteiger partial charge in [0.2, 0.25) is 0 Å². The van der Waals surface area contributed by atoms with Gasteiger partial charge in [0.15, 0.2) is 0 Å². The van der Waals surface area contributed by atoms with Gasteiger partial charge in [0.1, 0.15) is 11.9 Å². The van der Waals surface area contributed by atoms with E-state index in [1.807, 2.05) is 24.8 Å². The van der Waals surface area contributed by atoms with Crippen molar-refractivity contribution in [3.05, 3.63) is 22.9 Å². The first kappa shape index (κ1) is 11.9. The predicted octanol–water partition coefficient (Wildman–Crippen LogP) is 1.53. The van der Waals surface area contributed by atoms with E-state index in [0.29, 0.717) is 12.1 Å². The Morgan fingerprint density at radius 2 is 2.29 bits per heavy atom. The molecule has 0 saturated carbocycles. The Morgan fingerprint density at radius 3 is 2.94 bits per heavy atom. The number of aromatic nitrogens is 1. The number of nitriles is 1. The number of hydrogen-bond donors (Lipinski definition) is 1. The van der Waals surface area contributed by atoms with Gasteiger partial charge in [0.25, 0.3) is 0 Å². The molecule has 1 aromatic heterocycles. The fourth-order valence-electron chi connectivity index (χ4n) is 2.33. The SMILES string of the molecule is Cc1cc(C)c(C#N)c(N2CCC[C@H](O)C2)n1. The molecule has 1 fully saturated rings. The Kier molecular flexibility index (Phi) is 3.30. The third-order valence-electron chi connectivity index (χ3n) is 3.13. The number of aryl methyl sites for hydroxylation is 2. The molecule has 0 aromatic carbocycles. The molecule has 17 heavy (non-hydrogen) atoms. The van der Waals surface area contributed by atoms with Crippen LogP contribution in [-0.2, 0) is 0 Å². The van der Waals surface area contributed by atoms with E-state index in [1.165, 1.54) is 0 Å². The summed E-state index contributed by atoms with van der Waals surface area (Å²) in [5.41, 5.74) is 2.50. The number of aliphatic hydroxyl groups is 1. The van der Waals surface area contributed by atoms with Crippen molar-refractivity contribution in [3.8, 4) is 6.07 Å². The fourth-order valence-corrected chi connectivity index (χ4v) is 2.33. The van der Waals surface area contributed by atoms with Crippen molar-refractivity contribution in [3.63, 3.8) is 0 Å². The van der Waals surface area contributed by atoms with E-state index in [1.54, 1.807) is 0 Å². The highest BCUT2D eigenvalue weighted by molar-refractivity contribution is 5.58. The van der Waals surface area contributed by atoms with Gasteiger partial charge < -0.3 is 10.0 Å². The Labute approximate surface area is 102 Å². The van der Waals surface area contributed by atoms with Crippen LogP contribution in [0, 0.1) is 25.2 Å². The van der Waals surface area contributed by atoms with Crippen LogP contribution in [-0.4, -0.2) is 29.3 Å². The molecule has 0 spiro atoms. The van der Waals surface area contributed by atoms with Crippen LogP contribution in [0.1, 0.15) is 29.7 Å².